The number of benzene rings is 1. The molecule has 142 valence electrons. The van der Waals surface area contributed by atoms with E-state index in [9.17, 15) is 4.79 Å². The third kappa shape index (κ3) is 3.86. The molecule has 0 aliphatic heterocycles. The number of ether oxygens (including phenoxy) is 1. The third-order valence-corrected chi connectivity index (χ3v) is 4.74. The van der Waals surface area contributed by atoms with E-state index < -0.39 is 0 Å². The lowest BCUT2D eigenvalue weighted by atomic mass is 10.1. The van der Waals surface area contributed by atoms with Crippen molar-refractivity contribution in [3.63, 3.8) is 0 Å². The molecule has 3 rings (SSSR count). The van der Waals surface area contributed by atoms with Gasteiger partial charge in [0.05, 0.1) is 11.8 Å². The number of aromatic nitrogens is 3. The molecule has 0 saturated heterocycles. The first-order valence-corrected chi connectivity index (χ1v) is 8.75. The molecule has 0 saturated carbocycles. The van der Waals surface area contributed by atoms with Crippen molar-refractivity contribution in [3.05, 3.63) is 64.3 Å². The van der Waals surface area contributed by atoms with Gasteiger partial charge in [-0.25, -0.2) is 0 Å². The number of para-hydroxylation sites is 1. The molecule has 0 fully saturated rings. The third-order valence-electron chi connectivity index (χ3n) is 4.74. The molecule has 0 unspecified atom stereocenters. The van der Waals surface area contributed by atoms with Gasteiger partial charge in [0.25, 0.3) is 5.91 Å². The molecule has 7 heteroatoms. The predicted molar refractivity (Wildman–Crippen MR) is 100 cm³/mol. The molecule has 2 aromatic heterocycles. The van der Waals surface area contributed by atoms with E-state index in [1.54, 1.807) is 29.7 Å². The Labute approximate surface area is 158 Å². The zero-order chi connectivity index (χ0) is 19.6. The number of hydrogen-bond acceptors (Lipinski definition) is 5. The van der Waals surface area contributed by atoms with Crippen molar-refractivity contribution < 1.29 is 14.1 Å². The number of carbonyl (C=O) groups excluding carboxylic acids is 1. The lowest BCUT2D eigenvalue weighted by Gasteiger charge is -2.16. The Morgan fingerprint density at radius 3 is 2.67 bits per heavy atom. The second-order valence-corrected chi connectivity index (χ2v) is 6.66. The van der Waals surface area contributed by atoms with Crippen molar-refractivity contribution >= 4 is 5.91 Å². The lowest BCUT2D eigenvalue weighted by molar-refractivity contribution is 0.0772. The Kier molecular flexibility index (Phi) is 5.30. The standard InChI is InChI=1S/C20H24N4O3/c1-13-8-6-7-9-18(13)26-12-17-15(3)27-22-19(17)20(25)23(4)11-16-10-21-24(5)14(16)2/h6-10H,11-12H2,1-5H3. The predicted octanol–water partition coefficient (Wildman–Crippen LogP) is 3.18. The first-order valence-electron chi connectivity index (χ1n) is 8.75. The van der Waals surface area contributed by atoms with Gasteiger partial charge < -0.3 is 14.2 Å². The van der Waals surface area contributed by atoms with Crippen LogP contribution < -0.4 is 4.74 Å². The molecule has 0 atom stereocenters. The molecule has 1 amide bonds. The summed E-state index contributed by atoms with van der Waals surface area (Å²) in [5, 5.41) is 8.19. The monoisotopic (exact) mass is 368 g/mol. The SMILES string of the molecule is Cc1ccccc1OCc1c(C(=O)N(C)Cc2cnn(C)c2C)noc1C. The minimum absolute atomic E-state index is 0.210. The van der Waals surface area contributed by atoms with Gasteiger partial charge in [-0.1, -0.05) is 23.4 Å². The summed E-state index contributed by atoms with van der Waals surface area (Å²) in [6.07, 6.45) is 1.77. The van der Waals surface area contributed by atoms with E-state index in [2.05, 4.69) is 10.3 Å². The molecule has 27 heavy (non-hydrogen) atoms. The van der Waals surface area contributed by atoms with Crippen molar-refractivity contribution in [2.45, 2.75) is 33.9 Å². The summed E-state index contributed by atoms with van der Waals surface area (Å²) in [7, 11) is 3.62. The van der Waals surface area contributed by atoms with Crippen LogP contribution in [0.1, 0.15) is 38.6 Å². The van der Waals surface area contributed by atoms with Gasteiger partial charge in [-0.3, -0.25) is 9.48 Å². The van der Waals surface area contributed by atoms with E-state index in [-0.39, 0.29) is 18.2 Å². The van der Waals surface area contributed by atoms with Crippen LogP contribution in [0.15, 0.2) is 35.0 Å². The molecular weight excluding hydrogens is 344 g/mol. The quantitative estimate of drug-likeness (QED) is 0.668. The summed E-state index contributed by atoms with van der Waals surface area (Å²) >= 11 is 0. The molecular formula is C20H24N4O3. The highest BCUT2D eigenvalue weighted by Crippen LogP contribution is 2.22. The molecule has 0 aliphatic rings. The van der Waals surface area contributed by atoms with Gasteiger partial charge in [0, 0.05) is 31.9 Å². The number of nitrogens with zero attached hydrogens (tertiary/aromatic N) is 4. The van der Waals surface area contributed by atoms with Crippen LogP contribution >= 0.6 is 0 Å². The maximum atomic E-state index is 12.9. The maximum Gasteiger partial charge on any atom is 0.276 e. The van der Waals surface area contributed by atoms with Crippen LogP contribution in [0, 0.1) is 20.8 Å². The van der Waals surface area contributed by atoms with E-state index in [1.807, 2.05) is 45.2 Å². The van der Waals surface area contributed by atoms with E-state index in [4.69, 9.17) is 9.26 Å². The Morgan fingerprint density at radius 2 is 2.00 bits per heavy atom. The second kappa shape index (κ2) is 7.65. The van der Waals surface area contributed by atoms with Crippen molar-refractivity contribution in [3.8, 4) is 5.75 Å². The molecule has 0 aliphatic carbocycles. The average Bonchev–Trinajstić information content (AvgIpc) is 3.17. The minimum atomic E-state index is -0.210. The van der Waals surface area contributed by atoms with Crippen LogP contribution in [0.2, 0.25) is 0 Å². The zero-order valence-electron chi connectivity index (χ0n) is 16.3. The van der Waals surface area contributed by atoms with Gasteiger partial charge >= 0.3 is 0 Å². The number of rotatable bonds is 6. The number of hydrogen-bond donors (Lipinski definition) is 0. The van der Waals surface area contributed by atoms with Gasteiger partial charge in [-0.2, -0.15) is 5.10 Å². The highest BCUT2D eigenvalue weighted by atomic mass is 16.5. The van der Waals surface area contributed by atoms with Crippen molar-refractivity contribution in [1.29, 1.82) is 0 Å². The minimum Gasteiger partial charge on any atom is -0.488 e. The van der Waals surface area contributed by atoms with Crippen LogP contribution in [0.25, 0.3) is 0 Å². The normalized spacial score (nSPS) is 10.9. The fourth-order valence-corrected chi connectivity index (χ4v) is 2.80. The fraction of sp³-hybridized carbons (Fsp3) is 0.350. The first-order chi connectivity index (χ1) is 12.9. The van der Waals surface area contributed by atoms with Gasteiger partial charge in [0.1, 0.15) is 18.1 Å². The van der Waals surface area contributed by atoms with E-state index >= 15 is 0 Å². The summed E-state index contributed by atoms with van der Waals surface area (Å²) in [6.45, 7) is 6.41. The van der Waals surface area contributed by atoms with Gasteiger partial charge in [0.15, 0.2) is 5.69 Å². The van der Waals surface area contributed by atoms with Crippen LogP contribution in [0.4, 0.5) is 0 Å². The largest absolute Gasteiger partial charge is 0.488 e. The Bertz CT molecular complexity index is 958. The molecule has 0 N–H and O–H groups in total. The van der Waals surface area contributed by atoms with Crippen molar-refractivity contribution in [2.24, 2.45) is 7.05 Å². The molecule has 7 nitrogen and oxygen atoms in total. The van der Waals surface area contributed by atoms with E-state index in [0.717, 1.165) is 22.6 Å². The van der Waals surface area contributed by atoms with E-state index in [0.29, 0.717) is 17.9 Å². The smallest absolute Gasteiger partial charge is 0.276 e. The molecule has 2 heterocycles. The van der Waals surface area contributed by atoms with Crippen molar-refractivity contribution in [1.82, 2.24) is 19.8 Å². The van der Waals surface area contributed by atoms with Crippen LogP contribution in [0.3, 0.4) is 0 Å². The molecule has 3 aromatic rings. The second-order valence-electron chi connectivity index (χ2n) is 6.66. The number of carbonyl (C=O) groups is 1. The summed E-state index contributed by atoms with van der Waals surface area (Å²) in [5.74, 6) is 1.15. The highest BCUT2D eigenvalue weighted by Gasteiger charge is 2.24. The molecule has 0 radical (unpaired) electrons. The fourth-order valence-electron chi connectivity index (χ4n) is 2.80. The molecule has 1 aromatic carbocycles. The van der Waals surface area contributed by atoms with Gasteiger partial charge in [-0.05, 0) is 32.4 Å². The molecule has 0 bridgehead atoms. The van der Waals surface area contributed by atoms with Crippen LogP contribution in [-0.2, 0) is 20.2 Å². The zero-order valence-corrected chi connectivity index (χ0v) is 16.3. The average molecular weight is 368 g/mol. The Morgan fingerprint density at radius 1 is 1.26 bits per heavy atom. The Hall–Kier alpha value is -3.09. The summed E-state index contributed by atoms with van der Waals surface area (Å²) in [5.41, 5.74) is 3.99. The number of aryl methyl sites for hydroxylation is 3. The summed E-state index contributed by atoms with van der Waals surface area (Å²) in [6, 6.07) is 7.75. The van der Waals surface area contributed by atoms with Crippen LogP contribution in [0.5, 0.6) is 5.75 Å². The van der Waals surface area contributed by atoms with E-state index in [1.165, 1.54) is 0 Å². The number of amides is 1. The first kappa shape index (κ1) is 18.7. The van der Waals surface area contributed by atoms with Crippen LogP contribution in [-0.4, -0.2) is 32.8 Å². The maximum absolute atomic E-state index is 12.9. The highest BCUT2D eigenvalue weighted by molar-refractivity contribution is 5.93. The lowest BCUT2D eigenvalue weighted by Crippen LogP contribution is -2.27. The van der Waals surface area contributed by atoms with Gasteiger partial charge in [-0.15, -0.1) is 0 Å². The summed E-state index contributed by atoms with van der Waals surface area (Å²) in [4.78, 5) is 14.5. The van der Waals surface area contributed by atoms with Gasteiger partial charge in [0.2, 0.25) is 0 Å². The topological polar surface area (TPSA) is 73.4 Å². The molecule has 0 spiro atoms. The summed E-state index contributed by atoms with van der Waals surface area (Å²) < 4.78 is 12.9. The Balaban J connectivity index is 1.75. The van der Waals surface area contributed by atoms with Crippen molar-refractivity contribution in [2.75, 3.05) is 7.05 Å².